The third-order valence-corrected chi connectivity index (χ3v) is 2.78. The van der Waals surface area contributed by atoms with E-state index in [9.17, 15) is 5.11 Å². The van der Waals surface area contributed by atoms with Crippen molar-refractivity contribution < 1.29 is 24.1 Å². The second-order valence-corrected chi connectivity index (χ2v) is 4.28. The highest BCUT2D eigenvalue weighted by Gasteiger charge is 2.42. The average Bonchev–Trinajstić information content (AvgIpc) is 2.31. The summed E-state index contributed by atoms with van der Waals surface area (Å²) in [5, 5.41) is 9.59. The minimum atomic E-state index is -0.420. The van der Waals surface area contributed by atoms with Crippen LogP contribution in [0.3, 0.4) is 0 Å². The molecule has 0 aromatic rings. The van der Waals surface area contributed by atoms with Gasteiger partial charge >= 0.3 is 0 Å². The number of rotatable bonds is 9. The van der Waals surface area contributed by atoms with Gasteiger partial charge in [0.15, 0.2) is 0 Å². The molecule has 0 bridgehead atoms. The maximum absolute atomic E-state index is 9.59. The Bertz CT molecular complexity index is 199. The van der Waals surface area contributed by atoms with Crippen LogP contribution in [-0.2, 0) is 18.9 Å². The van der Waals surface area contributed by atoms with Crippen molar-refractivity contribution in [2.75, 3.05) is 33.5 Å². The second kappa shape index (κ2) is 8.00. The third kappa shape index (κ3) is 4.89. The molecule has 0 amide bonds. The summed E-state index contributed by atoms with van der Waals surface area (Å²) in [6, 6.07) is 0. The van der Waals surface area contributed by atoms with Crippen molar-refractivity contribution in [3.8, 4) is 0 Å². The molecule has 0 radical (unpaired) electrons. The van der Waals surface area contributed by atoms with E-state index in [0.29, 0.717) is 32.8 Å². The molecule has 1 N–H and O–H groups in total. The smallest absolute Gasteiger partial charge is 0.110 e. The van der Waals surface area contributed by atoms with Crippen molar-refractivity contribution in [1.82, 2.24) is 0 Å². The van der Waals surface area contributed by atoms with Crippen molar-refractivity contribution >= 4 is 0 Å². The van der Waals surface area contributed by atoms with Crippen LogP contribution in [0.4, 0.5) is 0 Å². The summed E-state index contributed by atoms with van der Waals surface area (Å²) in [6.45, 7) is 6.20. The van der Waals surface area contributed by atoms with Crippen molar-refractivity contribution in [3.63, 3.8) is 0 Å². The molecule has 4 atom stereocenters. The molecule has 4 unspecified atom stereocenters. The number of ether oxygens (including phenoxy) is 4. The van der Waals surface area contributed by atoms with Crippen LogP contribution < -0.4 is 0 Å². The quantitative estimate of drug-likeness (QED) is 0.605. The second-order valence-electron chi connectivity index (χ2n) is 4.28. The van der Waals surface area contributed by atoms with Crippen LogP contribution in [0.2, 0.25) is 0 Å². The van der Waals surface area contributed by atoms with Crippen molar-refractivity contribution in [2.24, 2.45) is 0 Å². The fourth-order valence-corrected chi connectivity index (χ4v) is 1.80. The molecule has 5 heteroatoms. The standard InChI is InChI=1S/C12H24O5/c1-4-15-8-9(2)17-11-7-10(13)12(11)16-6-5-14-3/h9-13H,4-8H2,1-3H3. The van der Waals surface area contributed by atoms with E-state index in [1.165, 1.54) is 0 Å². The predicted molar refractivity (Wildman–Crippen MR) is 63.1 cm³/mol. The lowest BCUT2D eigenvalue weighted by Crippen LogP contribution is -2.55. The molecular formula is C12H24O5. The monoisotopic (exact) mass is 248 g/mol. The van der Waals surface area contributed by atoms with Gasteiger partial charge in [-0.25, -0.2) is 0 Å². The van der Waals surface area contributed by atoms with E-state index in [4.69, 9.17) is 18.9 Å². The normalized spacial score (nSPS) is 30.0. The molecule has 0 spiro atoms. The number of hydrogen-bond donors (Lipinski definition) is 1. The van der Waals surface area contributed by atoms with Gasteiger partial charge in [-0.3, -0.25) is 0 Å². The van der Waals surface area contributed by atoms with Crippen LogP contribution in [0, 0.1) is 0 Å². The van der Waals surface area contributed by atoms with Gasteiger partial charge in [0.2, 0.25) is 0 Å². The molecule has 1 fully saturated rings. The number of aliphatic hydroxyl groups is 1. The zero-order chi connectivity index (χ0) is 12.7. The van der Waals surface area contributed by atoms with Crippen molar-refractivity contribution in [2.45, 2.75) is 44.7 Å². The molecule has 0 heterocycles. The summed E-state index contributed by atoms with van der Waals surface area (Å²) in [4.78, 5) is 0. The van der Waals surface area contributed by atoms with Gasteiger partial charge in [0.05, 0.1) is 38.1 Å². The average molecular weight is 248 g/mol. The molecular weight excluding hydrogens is 224 g/mol. The van der Waals surface area contributed by atoms with Crippen LogP contribution in [0.25, 0.3) is 0 Å². The number of aliphatic hydroxyl groups excluding tert-OH is 1. The Morgan fingerprint density at radius 1 is 1.35 bits per heavy atom. The highest BCUT2D eigenvalue weighted by molar-refractivity contribution is 4.92. The Kier molecular flexibility index (Phi) is 6.99. The molecule has 1 saturated carbocycles. The van der Waals surface area contributed by atoms with Gasteiger partial charge < -0.3 is 24.1 Å². The van der Waals surface area contributed by atoms with E-state index >= 15 is 0 Å². The Labute approximate surface area is 103 Å². The zero-order valence-corrected chi connectivity index (χ0v) is 10.9. The Balaban J connectivity index is 2.19. The van der Waals surface area contributed by atoms with Crippen LogP contribution in [0.5, 0.6) is 0 Å². The van der Waals surface area contributed by atoms with Crippen molar-refractivity contribution in [3.05, 3.63) is 0 Å². The van der Waals surface area contributed by atoms with Crippen molar-refractivity contribution in [1.29, 1.82) is 0 Å². The highest BCUT2D eigenvalue weighted by atomic mass is 16.6. The molecule has 1 rings (SSSR count). The summed E-state index contributed by atoms with van der Waals surface area (Å²) >= 11 is 0. The largest absolute Gasteiger partial charge is 0.390 e. The van der Waals surface area contributed by atoms with Gasteiger partial charge in [-0.1, -0.05) is 0 Å². The molecule has 0 aliphatic heterocycles. The number of hydrogen-bond acceptors (Lipinski definition) is 5. The summed E-state index contributed by atoms with van der Waals surface area (Å²) < 4.78 is 21.4. The summed E-state index contributed by atoms with van der Waals surface area (Å²) in [6.07, 6.45) is -0.0163. The molecule has 0 aromatic heterocycles. The Hall–Kier alpha value is -0.200. The number of methoxy groups -OCH3 is 1. The first-order valence-electron chi connectivity index (χ1n) is 6.20. The molecule has 0 aromatic carbocycles. The summed E-state index contributed by atoms with van der Waals surface area (Å²) in [5.74, 6) is 0. The van der Waals surface area contributed by atoms with E-state index in [0.717, 1.165) is 0 Å². The minimum Gasteiger partial charge on any atom is -0.390 e. The van der Waals surface area contributed by atoms with E-state index < -0.39 is 6.10 Å². The van der Waals surface area contributed by atoms with Crippen LogP contribution in [0.15, 0.2) is 0 Å². The van der Waals surface area contributed by atoms with E-state index in [1.807, 2.05) is 13.8 Å². The Morgan fingerprint density at radius 3 is 2.71 bits per heavy atom. The predicted octanol–water partition coefficient (Wildman–Crippen LogP) is 0.593. The van der Waals surface area contributed by atoms with E-state index in [1.54, 1.807) is 7.11 Å². The van der Waals surface area contributed by atoms with Crippen LogP contribution in [-0.4, -0.2) is 63.1 Å². The Morgan fingerprint density at radius 2 is 2.12 bits per heavy atom. The molecule has 1 aliphatic carbocycles. The first kappa shape index (κ1) is 14.9. The summed E-state index contributed by atoms with van der Waals surface area (Å²) in [5.41, 5.74) is 0. The zero-order valence-electron chi connectivity index (χ0n) is 10.9. The van der Waals surface area contributed by atoms with E-state index in [-0.39, 0.29) is 18.3 Å². The maximum Gasteiger partial charge on any atom is 0.110 e. The minimum absolute atomic E-state index is 0.0287. The third-order valence-electron chi connectivity index (χ3n) is 2.78. The van der Waals surface area contributed by atoms with Crippen LogP contribution >= 0.6 is 0 Å². The van der Waals surface area contributed by atoms with Gasteiger partial charge in [-0.15, -0.1) is 0 Å². The highest BCUT2D eigenvalue weighted by Crippen LogP contribution is 2.28. The first-order valence-corrected chi connectivity index (χ1v) is 6.20. The molecule has 102 valence electrons. The fraction of sp³-hybridized carbons (Fsp3) is 1.00. The maximum atomic E-state index is 9.59. The fourth-order valence-electron chi connectivity index (χ4n) is 1.80. The lowest BCUT2D eigenvalue weighted by atomic mass is 9.88. The van der Waals surface area contributed by atoms with Gasteiger partial charge in [-0.2, -0.15) is 0 Å². The van der Waals surface area contributed by atoms with Gasteiger partial charge in [0, 0.05) is 20.1 Å². The molecule has 17 heavy (non-hydrogen) atoms. The van der Waals surface area contributed by atoms with Gasteiger partial charge in [0.1, 0.15) is 6.10 Å². The van der Waals surface area contributed by atoms with Crippen LogP contribution in [0.1, 0.15) is 20.3 Å². The molecule has 0 saturated heterocycles. The van der Waals surface area contributed by atoms with Gasteiger partial charge in [0.25, 0.3) is 0 Å². The summed E-state index contributed by atoms with van der Waals surface area (Å²) in [7, 11) is 1.62. The SMILES string of the molecule is CCOCC(C)OC1CC(O)C1OCCOC. The van der Waals surface area contributed by atoms with Gasteiger partial charge in [-0.05, 0) is 13.8 Å². The lowest BCUT2D eigenvalue weighted by Gasteiger charge is -2.42. The first-order chi connectivity index (χ1) is 8.19. The lowest BCUT2D eigenvalue weighted by molar-refractivity contribution is -0.212. The topological polar surface area (TPSA) is 57.2 Å². The molecule has 1 aliphatic rings. The molecule has 5 nitrogen and oxygen atoms in total. The van der Waals surface area contributed by atoms with E-state index in [2.05, 4.69) is 0 Å².